The number of rotatable bonds is 12. The lowest BCUT2D eigenvalue weighted by Gasteiger charge is -2.43. The van der Waals surface area contributed by atoms with Crippen molar-refractivity contribution in [2.75, 3.05) is 48.9 Å². The number of ether oxygens (including phenoxy) is 1. The van der Waals surface area contributed by atoms with E-state index in [0.717, 1.165) is 70.4 Å². The number of likely N-dealkylation sites (N-methyl/N-ethyl adjacent to an activating group) is 1. The molecule has 5 N–H and O–H groups in total. The molecule has 1 aromatic heterocycles. The van der Waals surface area contributed by atoms with Gasteiger partial charge in [-0.25, -0.2) is 4.98 Å². The quantitative estimate of drug-likeness (QED) is 0.275. The summed E-state index contributed by atoms with van der Waals surface area (Å²) in [6, 6.07) is 4.51. The van der Waals surface area contributed by atoms with Crippen molar-refractivity contribution in [3.05, 3.63) is 30.0 Å². The van der Waals surface area contributed by atoms with E-state index in [9.17, 15) is 14.4 Å². The van der Waals surface area contributed by atoms with Crippen molar-refractivity contribution in [3.63, 3.8) is 0 Å². The van der Waals surface area contributed by atoms with Crippen molar-refractivity contribution in [2.24, 2.45) is 5.73 Å². The molecule has 0 spiro atoms. The Bertz CT molecular complexity index is 1380. The number of carbonyl (C=O) groups excluding carboxylic acids is 2. The summed E-state index contributed by atoms with van der Waals surface area (Å²) in [5.41, 5.74) is 7.43. The molecule has 0 unspecified atom stereocenters. The molecule has 1 aromatic carbocycles. The van der Waals surface area contributed by atoms with Gasteiger partial charge in [-0.15, -0.1) is 0 Å². The van der Waals surface area contributed by atoms with Crippen LogP contribution in [0.3, 0.4) is 0 Å². The summed E-state index contributed by atoms with van der Waals surface area (Å²) in [5, 5.41) is 15.4. The number of hydrogen-bond donors (Lipinski definition) is 4. The van der Waals surface area contributed by atoms with Crippen LogP contribution in [-0.2, 0) is 9.59 Å². The zero-order valence-electron chi connectivity index (χ0n) is 26.5. The topological polar surface area (TPSA) is 166 Å². The highest BCUT2D eigenvalue weighted by Gasteiger charge is 2.41. The molecule has 2 amide bonds. The molecule has 45 heavy (non-hydrogen) atoms. The second kappa shape index (κ2) is 14.4. The number of nitrogens with one attached hydrogen (secondary N) is 2. The third kappa shape index (κ3) is 7.30. The summed E-state index contributed by atoms with van der Waals surface area (Å²) in [6.45, 7) is 4.51. The van der Waals surface area contributed by atoms with Gasteiger partial charge < -0.3 is 40.9 Å². The van der Waals surface area contributed by atoms with Crippen molar-refractivity contribution in [3.8, 4) is 5.75 Å². The fourth-order valence-electron chi connectivity index (χ4n) is 6.73. The zero-order chi connectivity index (χ0) is 32.1. The Morgan fingerprint density at radius 2 is 1.91 bits per heavy atom. The summed E-state index contributed by atoms with van der Waals surface area (Å²) < 4.78 is 5.65. The lowest BCUT2D eigenvalue weighted by molar-refractivity contribution is -0.138. The molecule has 1 aliphatic carbocycles. The maximum Gasteiger partial charge on any atom is 0.320 e. The summed E-state index contributed by atoms with van der Waals surface area (Å²) >= 11 is 0. The molecule has 244 valence electrons. The minimum Gasteiger partial charge on any atom is -0.495 e. The molecule has 13 heteroatoms. The van der Waals surface area contributed by atoms with Crippen LogP contribution in [-0.4, -0.2) is 95.7 Å². The van der Waals surface area contributed by atoms with E-state index in [2.05, 4.69) is 25.4 Å². The minimum atomic E-state index is -0.966. The predicted octanol–water partition coefficient (Wildman–Crippen LogP) is 3.12. The van der Waals surface area contributed by atoms with E-state index < -0.39 is 12.0 Å². The summed E-state index contributed by atoms with van der Waals surface area (Å²) in [4.78, 5) is 52.8. The number of nitrogens with zero attached hydrogens (tertiary/aromatic N) is 5. The van der Waals surface area contributed by atoms with Crippen LogP contribution in [0.2, 0.25) is 0 Å². The molecule has 2 atom stereocenters. The van der Waals surface area contributed by atoms with E-state index >= 15 is 0 Å². The van der Waals surface area contributed by atoms with Crippen molar-refractivity contribution >= 4 is 40.9 Å². The van der Waals surface area contributed by atoms with Crippen LogP contribution in [0.4, 0.5) is 23.1 Å². The fraction of sp³-hybridized carbons (Fsp3) is 0.594. The van der Waals surface area contributed by atoms with Gasteiger partial charge in [-0.05, 0) is 69.7 Å². The van der Waals surface area contributed by atoms with Crippen LogP contribution in [0.1, 0.15) is 75.1 Å². The van der Waals surface area contributed by atoms with Crippen LogP contribution in [0.15, 0.2) is 24.4 Å². The molecular formula is C32H46N8O5. The average molecular weight is 623 g/mol. The highest BCUT2D eigenvalue weighted by atomic mass is 16.5. The van der Waals surface area contributed by atoms with E-state index in [1.165, 1.54) is 0 Å². The first-order chi connectivity index (χ1) is 21.7. The fourth-order valence-corrected chi connectivity index (χ4v) is 6.73. The molecule has 3 heterocycles. The highest BCUT2D eigenvalue weighted by molar-refractivity contribution is 6.04. The van der Waals surface area contributed by atoms with Crippen LogP contribution >= 0.6 is 0 Å². The van der Waals surface area contributed by atoms with E-state index in [4.69, 9.17) is 20.6 Å². The lowest BCUT2D eigenvalue weighted by Crippen LogP contribution is -2.55. The first-order valence-corrected chi connectivity index (χ1v) is 16.1. The largest absolute Gasteiger partial charge is 0.495 e. The molecule has 0 bridgehead atoms. The van der Waals surface area contributed by atoms with Crippen molar-refractivity contribution in [2.45, 2.75) is 88.9 Å². The van der Waals surface area contributed by atoms with Gasteiger partial charge >= 0.3 is 5.97 Å². The molecule has 2 aromatic rings. The number of amides is 2. The second-order valence-electron chi connectivity index (χ2n) is 12.3. The normalized spacial score (nSPS) is 20.2. The monoisotopic (exact) mass is 622 g/mol. The number of carboxylic acids is 1. The Morgan fingerprint density at radius 1 is 1.18 bits per heavy atom. The number of fused-ring (bicyclic) bond motifs is 1. The lowest BCUT2D eigenvalue weighted by atomic mass is 10.0. The Morgan fingerprint density at radius 3 is 2.58 bits per heavy atom. The first kappa shape index (κ1) is 32.4. The van der Waals surface area contributed by atoms with E-state index in [-0.39, 0.29) is 29.9 Å². The van der Waals surface area contributed by atoms with Gasteiger partial charge in [0.1, 0.15) is 23.5 Å². The molecule has 2 fully saturated rings. The Kier molecular flexibility index (Phi) is 10.4. The zero-order valence-corrected chi connectivity index (χ0v) is 26.5. The number of carboxylic acid groups (broad SMARTS) is 1. The molecule has 1 saturated carbocycles. The van der Waals surface area contributed by atoms with Crippen LogP contribution in [0.25, 0.3) is 0 Å². The van der Waals surface area contributed by atoms with E-state index in [1.54, 1.807) is 43.5 Å². The number of carbonyl (C=O) groups is 3. The van der Waals surface area contributed by atoms with Crippen LogP contribution in [0.5, 0.6) is 5.75 Å². The molecule has 1 saturated heterocycles. The number of methoxy groups -OCH3 is 1. The Hall–Kier alpha value is -3.97. The van der Waals surface area contributed by atoms with Crippen LogP contribution in [0, 0.1) is 0 Å². The SMILES string of the molecule is CC[C@@H]1C(=O)N(C)c2cnc(Nc3ccc(C(=O)NC4CCN(CCC[C@@H](N)C(=O)O)CC4)cc3OC)nc2N1C1CCCC1. The number of anilines is 4. The predicted molar refractivity (Wildman–Crippen MR) is 172 cm³/mol. The first-order valence-electron chi connectivity index (χ1n) is 16.1. The highest BCUT2D eigenvalue weighted by Crippen LogP contribution is 2.40. The number of likely N-dealkylation sites (tertiary alicyclic amines) is 1. The van der Waals surface area contributed by atoms with Gasteiger partial charge in [-0.3, -0.25) is 14.4 Å². The molecular weight excluding hydrogens is 576 g/mol. The molecule has 0 radical (unpaired) electrons. The van der Waals surface area contributed by atoms with Crippen molar-refractivity contribution in [1.29, 1.82) is 0 Å². The number of nitrogens with two attached hydrogens (primary N) is 1. The second-order valence-corrected chi connectivity index (χ2v) is 12.3. The Labute approximate surface area is 264 Å². The van der Waals surface area contributed by atoms with E-state index in [1.807, 2.05) is 6.92 Å². The number of aromatic nitrogens is 2. The maximum atomic E-state index is 13.2. The van der Waals surface area contributed by atoms with Crippen LogP contribution < -0.4 is 30.9 Å². The van der Waals surface area contributed by atoms with Gasteiger partial charge in [0, 0.05) is 37.8 Å². The van der Waals surface area contributed by atoms with Crippen molar-refractivity contribution in [1.82, 2.24) is 20.2 Å². The van der Waals surface area contributed by atoms with Gasteiger partial charge in [-0.1, -0.05) is 19.8 Å². The minimum absolute atomic E-state index is 0.0579. The summed E-state index contributed by atoms with van der Waals surface area (Å²) in [5.74, 6) is 0.581. The Balaban J connectivity index is 1.22. The van der Waals surface area contributed by atoms with Gasteiger partial charge in [0.2, 0.25) is 11.9 Å². The summed E-state index contributed by atoms with van der Waals surface area (Å²) in [6.07, 6.45) is 9.60. The summed E-state index contributed by atoms with van der Waals surface area (Å²) in [7, 11) is 3.34. The maximum absolute atomic E-state index is 13.2. The average Bonchev–Trinajstić information content (AvgIpc) is 3.58. The number of aliphatic carboxylic acids is 1. The standard InChI is InChI=1S/C32H46N8O5/c1-4-25-30(42)38(2)26-19-34-32(37-28(26)40(25)22-8-5-6-9-22)36-24-12-11-20(18-27(24)45-3)29(41)35-21-13-16-39(17-14-21)15-7-10-23(33)31(43)44/h11-12,18-19,21-23,25H,4-10,13-17,33H2,1-3H3,(H,35,41)(H,43,44)(H,34,36,37)/t23-,25-/m1/s1. The van der Waals surface area contributed by atoms with Gasteiger partial charge in [-0.2, -0.15) is 4.98 Å². The number of piperidine rings is 1. The molecule has 13 nitrogen and oxygen atoms in total. The molecule has 5 rings (SSSR count). The van der Waals surface area contributed by atoms with Crippen molar-refractivity contribution < 1.29 is 24.2 Å². The molecule has 3 aliphatic rings. The van der Waals surface area contributed by atoms with E-state index in [0.29, 0.717) is 41.5 Å². The third-order valence-electron chi connectivity index (χ3n) is 9.35. The van der Waals surface area contributed by atoms with Gasteiger partial charge in [0.05, 0.1) is 19.0 Å². The van der Waals surface area contributed by atoms with Gasteiger partial charge in [0.15, 0.2) is 5.82 Å². The number of hydrogen-bond acceptors (Lipinski definition) is 10. The number of benzene rings is 1. The third-order valence-corrected chi connectivity index (χ3v) is 9.35. The van der Waals surface area contributed by atoms with Gasteiger partial charge in [0.25, 0.3) is 5.91 Å². The smallest absolute Gasteiger partial charge is 0.320 e. The molecule has 2 aliphatic heterocycles.